The van der Waals surface area contributed by atoms with E-state index in [1.54, 1.807) is 12.1 Å². The summed E-state index contributed by atoms with van der Waals surface area (Å²) in [6.07, 6.45) is 0.197. The van der Waals surface area contributed by atoms with Gasteiger partial charge in [0, 0.05) is 17.5 Å². The van der Waals surface area contributed by atoms with Crippen LogP contribution in [-0.4, -0.2) is 17.5 Å². The molecule has 0 spiro atoms. The van der Waals surface area contributed by atoms with E-state index in [1.807, 2.05) is 36.6 Å². The van der Waals surface area contributed by atoms with E-state index >= 15 is 0 Å². The Labute approximate surface area is 155 Å². The zero-order chi connectivity index (χ0) is 18.4. The van der Waals surface area contributed by atoms with Gasteiger partial charge in [-0.1, -0.05) is 12.1 Å². The fourth-order valence-corrected chi connectivity index (χ4v) is 3.28. The predicted octanol–water partition coefficient (Wildman–Crippen LogP) is 4.21. The zero-order valence-electron chi connectivity index (χ0n) is 14.4. The second-order valence-electron chi connectivity index (χ2n) is 5.68. The van der Waals surface area contributed by atoms with E-state index in [2.05, 4.69) is 10.3 Å². The van der Waals surface area contributed by atoms with E-state index in [-0.39, 0.29) is 18.1 Å². The number of amides is 1. The molecule has 0 atom stereocenters. The van der Waals surface area contributed by atoms with Gasteiger partial charge in [-0.2, -0.15) is 0 Å². The highest BCUT2D eigenvalue weighted by Gasteiger charge is 2.09. The summed E-state index contributed by atoms with van der Waals surface area (Å²) in [5, 5.41) is 5.53. The van der Waals surface area contributed by atoms with Crippen molar-refractivity contribution in [1.82, 2.24) is 10.3 Å². The van der Waals surface area contributed by atoms with Gasteiger partial charge in [0.05, 0.1) is 18.7 Å². The number of nitrogens with zero attached hydrogens (tertiary/aromatic N) is 1. The number of hydrogen-bond acceptors (Lipinski definition) is 4. The Hall–Kier alpha value is -2.73. The molecule has 1 N–H and O–H groups in total. The van der Waals surface area contributed by atoms with Gasteiger partial charge in [-0.3, -0.25) is 4.79 Å². The molecule has 0 saturated carbocycles. The number of aromatic nitrogens is 1. The van der Waals surface area contributed by atoms with Gasteiger partial charge in [-0.25, -0.2) is 9.37 Å². The molecule has 26 heavy (non-hydrogen) atoms. The van der Waals surface area contributed by atoms with Crippen LogP contribution < -0.4 is 10.1 Å². The Bertz CT molecular complexity index is 878. The van der Waals surface area contributed by atoms with Crippen LogP contribution in [0.1, 0.15) is 18.2 Å². The van der Waals surface area contributed by atoms with Crippen LogP contribution in [0.3, 0.4) is 0 Å². The highest BCUT2D eigenvalue weighted by atomic mass is 32.1. The molecule has 0 bridgehead atoms. The number of halogens is 1. The summed E-state index contributed by atoms with van der Waals surface area (Å²) in [5.41, 5.74) is 2.44. The van der Waals surface area contributed by atoms with E-state index in [1.165, 1.54) is 23.5 Å². The molecule has 6 heteroatoms. The first-order valence-electron chi connectivity index (χ1n) is 8.33. The summed E-state index contributed by atoms with van der Waals surface area (Å²) >= 11 is 1.50. The lowest BCUT2D eigenvalue weighted by Crippen LogP contribution is -2.24. The number of carbonyl (C=O) groups excluding carboxylic acids is 1. The summed E-state index contributed by atoms with van der Waals surface area (Å²) < 4.78 is 18.6. The number of ether oxygens (including phenoxy) is 1. The second-order valence-corrected chi connectivity index (χ2v) is 6.54. The number of thiazole rings is 1. The predicted molar refractivity (Wildman–Crippen MR) is 101 cm³/mol. The molecule has 3 aromatic rings. The third kappa shape index (κ3) is 4.89. The van der Waals surface area contributed by atoms with E-state index in [9.17, 15) is 9.18 Å². The van der Waals surface area contributed by atoms with E-state index in [4.69, 9.17) is 4.74 Å². The zero-order valence-corrected chi connectivity index (χ0v) is 15.2. The van der Waals surface area contributed by atoms with Crippen molar-refractivity contribution in [3.05, 3.63) is 71.0 Å². The summed E-state index contributed by atoms with van der Waals surface area (Å²) in [4.78, 5) is 16.6. The molecular formula is C20H19FN2O2S. The van der Waals surface area contributed by atoms with Crippen molar-refractivity contribution in [2.75, 3.05) is 6.61 Å². The minimum atomic E-state index is -0.309. The molecule has 1 aromatic heterocycles. The number of hydrogen-bond donors (Lipinski definition) is 1. The molecule has 2 aromatic carbocycles. The van der Waals surface area contributed by atoms with Gasteiger partial charge in [-0.05, 0) is 48.9 Å². The smallest absolute Gasteiger partial charge is 0.226 e. The second kappa shape index (κ2) is 8.58. The maximum atomic E-state index is 13.1. The van der Waals surface area contributed by atoms with Crippen LogP contribution in [0, 0.1) is 5.82 Å². The van der Waals surface area contributed by atoms with Gasteiger partial charge in [0.2, 0.25) is 5.91 Å². The molecule has 1 amide bonds. The van der Waals surface area contributed by atoms with Crippen LogP contribution in [-0.2, 0) is 17.8 Å². The van der Waals surface area contributed by atoms with Crippen molar-refractivity contribution in [2.24, 2.45) is 0 Å². The largest absolute Gasteiger partial charge is 0.494 e. The lowest BCUT2D eigenvalue weighted by molar-refractivity contribution is -0.120. The van der Waals surface area contributed by atoms with Crippen LogP contribution in [0.15, 0.2) is 53.9 Å². The molecule has 3 rings (SSSR count). The Morgan fingerprint density at radius 3 is 2.77 bits per heavy atom. The standard InChI is InChI=1S/C20H19FN2O2S/c1-2-25-18-8-6-15(7-9-18)20-23-17(13-26-20)11-19(24)22-12-14-4-3-5-16(21)10-14/h3-10,13H,2,11-12H2,1H3,(H,22,24). The summed E-state index contributed by atoms with van der Waals surface area (Å²) in [5.74, 6) is 0.374. The Morgan fingerprint density at radius 1 is 1.23 bits per heavy atom. The summed E-state index contributed by atoms with van der Waals surface area (Å²) in [6, 6.07) is 13.9. The maximum absolute atomic E-state index is 13.1. The number of nitrogens with one attached hydrogen (secondary N) is 1. The minimum Gasteiger partial charge on any atom is -0.494 e. The quantitative estimate of drug-likeness (QED) is 0.678. The highest BCUT2D eigenvalue weighted by Crippen LogP contribution is 2.26. The lowest BCUT2D eigenvalue weighted by atomic mass is 10.2. The van der Waals surface area contributed by atoms with Crippen LogP contribution in [0.25, 0.3) is 10.6 Å². The highest BCUT2D eigenvalue weighted by molar-refractivity contribution is 7.13. The fourth-order valence-electron chi connectivity index (χ4n) is 2.46. The molecule has 134 valence electrons. The van der Waals surface area contributed by atoms with Crippen LogP contribution in [0.2, 0.25) is 0 Å². The third-order valence-corrected chi connectivity index (χ3v) is 4.62. The average Bonchev–Trinajstić information content (AvgIpc) is 3.09. The average molecular weight is 370 g/mol. The molecular weight excluding hydrogens is 351 g/mol. The van der Waals surface area contributed by atoms with Crippen molar-refractivity contribution >= 4 is 17.2 Å². The molecule has 0 unspecified atom stereocenters. The fraction of sp³-hybridized carbons (Fsp3) is 0.200. The van der Waals surface area contributed by atoms with Gasteiger partial charge in [-0.15, -0.1) is 11.3 Å². The first kappa shape index (κ1) is 18.1. The Morgan fingerprint density at radius 2 is 2.04 bits per heavy atom. The van der Waals surface area contributed by atoms with Crippen LogP contribution >= 0.6 is 11.3 Å². The molecule has 0 aliphatic carbocycles. The van der Waals surface area contributed by atoms with Crippen molar-refractivity contribution in [2.45, 2.75) is 19.9 Å². The van der Waals surface area contributed by atoms with Gasteiger partial charge >= 0.3 is 0 Å². The van der Waals surface area contributed by atoms with Crippen molar-refractivity contribution in [1.29, 1.82) is 0 Å². The van der Waals surface area contributed by atoms with E-state index in [0.29, 0.717) is 13.2 Å². The van der Waals surface area contributed by atoms with Crippen molar-refractivity contribution < 1.29 is 13.9 Å². The number of rotatable bonds is 7. The minimum absolute atomic E-state index is 0.141. The Kier molecular flexibility index (Phi) is 5.96. The molecule has 0 saturated heterocycles. The number of carbonyl (C=O) groups is 1. The van der Waals surface area contributed by atoms with Crippen molar-refractivity contribution in [3.8, 4) is 16.3 Å². The topological polar surface area (TPSA) is 51.2 Å². The summed E-state index contributed by atoms with van der Waals surface area (Å²) in [6.45, 7) is 2.87. The summed E-state index contributed by atoms with van der Waals surface area (Å²) in [7, 11) is 0. The SMILES string of the molecule is CCOc1ccc(-c2nc(CC(=O)NCc3cccc(F)c3)cs2)cc1. The molecule has 0 fully saturated rings. The van der Waals surface area contributed by atoms with Gasteiger partial charge in [0.1, 0.15) is 16.6 Å². The third-order valence-electron chi connectivity index (χ3n) is 3.68. The first-order chi connectivity index (χ1) is 12.6. The normalized spacial score (nSPS) is 10.5. The molecule has 0 aliphatic heterocycles. The van der Waals surface area contributed by atoms with Gasteiger partial charge in [0.15, 0.2) is 0 Å². The van der Waals surface area contributed by atoms with Gasteiger partial charge < -0.3 is 10.1 Å². The van der Waals surface area contributed by atoms with E-state index in [0.717, 1.165) is 27.6 Å². The molecule has 1 heterocycles. The van der Waals surface area contributed by atoms with Crippen LogP contribution in [0.5, 0.6) is 5.75 Å². The number of benzene rings is 2. The Balaban J connectivity index is 1.56. The van der Waals surface area contributed by atoms with Crippen molar-refractivity contribution in [3.63, 3.8) is 0 Å². The van der Waals surface area contributed by atoms with Gasteiger partial charge in [0.25, 0.3) is 0 Å². The maximum Gasteiger partial charge on any atom is 0.226 e. The van der Waals surface area contributed by atoms with E-state index < -0.39 is 0 Å². The molecule has 0 radical (unpaired) electrons. The molecule has 0 aliphatic rings. The molecule has 4 nitrogen and oxygen atoms in total. The first-order valence-corrected chi connectivity index (χ1v) is 9.21. The monoisotopic (exact) mass is 370 g/mol. The van der Waals surface area contributed by atoms with Crippen LogP contribution in [0.4, 0.5) is 4.39 Å². The lowest BCUT2D eigenvalue weighted by Gasteiger charge is -2.04.